The molecule has 3 N–H and O–H groups in total. The number of halogens is 3. The second-order valence-corrected chi connectivity index (χ2v) is 5.04. The van der Waals surface area contributed by atoms with Gasteiger partial charge in [0.25, 0.3) is 0 Å². The Labute approximate surface area is 117 Å². The van der Waals surface area contributed by atoms with Gasteiger partial charge in [-0.1, -0.05) is 23.2 Å². The molecule has 1 aromatic heterocycles. The Hall–Kier alpha value is -0.970. The number of aromatic nitrogens is 1. The van der Waals surface area contributed by atoms with E-state index in [0.717, 1.165) is 10.2 Å². The van der Waals surface area contributed by atoms with Gasteiger partial charge in [-0.25, -0.2) is 4.98 Å². The lowest BCUT2D eigenvalue weighted by Crippen LogP contribution is -1.98. The fourth-order valence-electron chi connectivity index (χ4n) is 1.27. The molecule has 17 heavy (non-hydrogen) atoms. The summed E-state index contributed by atoms with van der Waals surface area (Å²) >= 11 is 15.0. The third kappa shape index (κ3) is 3.03. The van der Waals surface area contributed by atoms with Crippen LogP contribution in [0, 0.1) is 0 Å². The van der Waals surface area contributed by atoms with Crippen molar-refractivity contribution in [1.82, 2.24) is 4.98 Å². The number of pyridine rings is 1. The van der Waals surface area contributed by atoms with E-state index in [-0.39, 0.29) is 0 Å². The lowest BCUT2D eigenvalue weighted by atomic mass is 10.3. The molecule has 88 valence electrons. The Bertz CT molecular complexity index is 560. The van der Waals surface area contributed by atoms with Gasteiger partial charge in [-0.2, -0.15) is 0 Å². The van der Waals surface area contributed by atoms with Gasteiger partial charge in [-0.3, -0.25) is 0 Å². The molecule has 0 spiro atoms. The highest BCUT2D eigenvalue weighted by Crippen LogP contribution is 2.28. The summed E-state index contributed by atoms with van der Waals surface area (Å²) in [5.41, 5.74) is 7.12. The Morgan fingerprint density at radius 1 is 1.24 bits per heavy atom. The van der Waals surface area contributed by atoms with E-state index in [0.29, 0.717) is 21.6 Å². The lowest BCUT2D eigenvalue weighted by Gasteiger charge is -2.09. The van der Waals surface area contributed by atoms with Crippen LogP contribution in [0.4, 0.5) is 17.2 Å². The number of nitrogens with one attached hydrogen (secondary N) is 1. The van der Waals surface area contributed by atoms with Gasteiger partial charge in [0, 0.05) is 16.4 Å². The van der Waals surface area contributed by atoms with E-state index in [1.807, 2.05) is 12.1 Å². The van der Waals surface area contributed by atoms with Crippen molar-refractivity contribution in [3.05, 3.63) is 45.0 Å². The molecule has 2 aromatic rings. The summed E-state index contributed by atoms with van der Waals surface area (Å²) in [6.45, 7) is 0. The third-order valence-electron chi connectivity index (χ3n) is 2.07. The van der Waals surface area contributed by atoms with E-state index in [1.165, 1.54) is 6.20 Å². The van der Waals surface area contributed by atoms with Gasteiger partial charge in [-0.15, -0.1) is 0 Å². The highest BCUT2D eigenvalue weighted by molar-refractivity contribution is 9.10. The Balaban J connectivity index is 2.28. The first-order valence-corrected chi connectivity index (χ1v) is 6.24. The minimum absolute atomic E-state index is 0.489. The highest BCUT2D eigenvalue weighted by Gasteiger charge is 2.04. The fraction of sp³-hybridized carbons (Fsp3) is 0. The van der Waals surface area contributed by atoms with Crippen molar-refractivity contribution in [3.8, 4) is 0 Å². The minimum Gasteiger partial charge on any atom is -0.396 e. The summed E-state index contributed by atoms with van der Waals surface area (Å²) in [6.07, 6.45) is 1.53. The maximum atomic E-state index is 5.90. The van der Waals surface area contributed by atoms with Crippen LogP contribution in [-0.4, -0.2) is 4.98 Å². The molecule has 2 rings (SSSR count). The third-order valence-corrected chi connectivity index (χ3v) is 3.49. The molecule has 0 aliphatic heterocycles. The molecule has 0 aliphatic rings. The maximum absolute atomic E-state index is 5.90. The normalized spacial score (nSPS) is 10.3. The standard InChI is InChI=1S/C11H8BrCl2N3/c12-8-4-7(1-2-9(8)14)17-11-10(15)3-6(13)5-16-11/h1-5H,15H2,(H,16,17). The molecule has 0 saturated carbocycles. The largest absolute Gasteiger partial charge is 0.396 e. The van der Waals surface area contributed by atoms with Crippen LogP contribution in [0.15, 0.2) is 34.9 Å². The lowest BCUT2D eigenvalue weighted by molar-refractivity contribution is 1.31. The smallest absolute Gasteiger partial charge is 0.153 e. The van der Waals surface area contributed by atoms with Crippen molar-refractivity contribution in [2.24, 2.45) is 0 Å². The average Bonchev–Trinajstić information content (AvgIpc) is 2.27. The fourth-order valence-corrected chi connectivity index (χ4v) is 1.93. The molecule has 0 saturated heterocycles. The maximum Gasteiger partial charge on any atom is 0.153 e. The van der Waals surface area contributed by atoms with E-state index >= 15 is 0 Å². The number of benzene rings is 1. The summed E-state index contributed by atoms with van der Waals surface area (Å²) in [6, 6.07) is 7.10. The van der Waals surface area contributed by atoms with Crippen LogP contribution >= 0.6 is 39.1 Å². The molecular formula is C11H8BrCl2N3. The number of hydrogen-bond donors (Lipinski definition) is 2. The molecule has 0 atom stereocenters. The van der Waals surface area contributed by atoms with E-state index in [4.69, 9.17) is 28.9 Å². The molecule has 0 bridgehead atoms. The van der Waals surface area contributed by atoms with Crippen molar-refractivity contribution in [2.45, 2.75) is 0 Å². The van der Waals surface area contributed by atoms with Crippen molar-refractivity contribution in [3.63, 3.8) is 0 Å². The number of nitrogens with zero attached hydrogens (tertiary/aromatic N) is 1. The SMILES string of the molecule is Nc1cc(Cl)cnc1Nc1ccc(Cl)c(Br)c1. The summed E-state index contributed by atoms with van der Waals surface area (Å²) in [5, 5.41) is 4.23. The number of nitrogens with two attached hydrogens (primary N) is 1. The Morgan fingerprint density at radius 3 is 2.65 bits per heavy atom. The minimum atomic E-state index is 0.489. The molecule has 6 heteroatoms. The molecule has 0 radical (unpaired) electrons. The van der Waals surface area contributed by atoms with Crippen LogP contribution in [-0.2, 0) is 0 Å². The van der Waals surface area contributed by atoms with Crippen LogP contribution in [0.5, 0.6) is 0 Å². The zero-order chi connectivity index (χ0) is 12.4. The van der Waals surface area contributed by atoms with Gasteiger partial charge >= 0.3 is 0 Å². The van der Waals surface area contributed by atoms with Crippen molar-refractivity contribution in [1.29, 1.82) is 0 Å². The first kappa shape index (κ1) is 12.5. The predicted molar refractivity (Wildman–Crippen MR) is 76.1 cm³/mol. The molecule has 1 aromatic carbocycles. The number of nitrogen functional groups attached to an aromatic ring is 1. The second-order valence-electron chi connectivity index (χ2n) is 3.35. The summed E-state index contributed by atoms with van der Waals surface area (Å²) in [7, 11) is 0. The quantitative estimate of drug-likeness (QED) is 0.852. The van der Waals surface area contributed by atoms with Crippen LogP contribution in [0.1, 0.15) is 0 Å². The topological polar surface area (TPSA) is 50.9 Å². The molecule has 0 amide bonds. The van der Waals surface area contributed by atoms with Gasteiger partial charge in [0.05, 0.1) is 15.7 Å². The molecule has 3 nitrogen and oxygen atoms in total. The van der Waals surface area contributed by atoms with Crippen molar-refractivity contribution < 1.29 is 0 Å². The molecule has 0 fully saturated rings. The monoisotopic (exact) mass is 331 g/mol. The number of anilines is 3. The summed E-state index contributed by atoms with van der Waals surface area (Å²) in [4.78, 5) is 4.11. The van der Waals surface area contributed by atoms with E-state index in [2.05, 4.69) is 26.2 Å². The number of hydrogen-bond acceptors (Lipinski definition) is 3. The molecule has 0 unspecified atom stereocenters. The first-order valence-electron chi connectivity index (χ1n) is 4.69. The number of rotatable bonds is 2. The zero-order valence-electron chi connectivity index (χ0n) is 8.55. The molecule has 1 heterocycles. The van der Waals surface area contributed by atoms with E-state index in [9.17, 15) is 0 Å². The van der Waals surface area contributed by atoms with Crippen molar-refractivity contribution >= 4 is 56.3 Å². The molecule has 0 aliphatic carbocycles. The van der Waals surface area contributed by atoms with Gasteiger partial charge in [-0.05, 0) is 40.2 Å². The second kappa shape index (κ2) is 5.12. The Morgan fingerprint density at radius 2 is 2.00 bits per heavy atom. The first-order chi connectivity index (χ1) is 8.06. The van der Waals surface area contributed by atoms with Crippen molar-refractivity contribution in [2.75, 3.05) is 11.1 Å². The summed E-state index contributed by atoms with van der Waals surface area (Å²) < 4.78 is 0.803. The highest BCUT2D eigenvalue weighted by atomic mass is 79.9. The zero-order valence-corrected chi connectivity index (χ0v) is 11.6. The van der Waals surface area contributed by atoms with E-state index < -0.39 is 0 Å². The molecular weight excluding hydrogens is 325 g/mol. The van der Waals surface area contributed by atoms with Crippen LogP contribution in [0.2, 0.25) is 10.0 Å². The van der Waals surface area contributed by atoms with Gasteiger partial charge in [0.15, 0.2) is 5.82 Å². The van der Waals surface area contributed by atoms with Gasteiger partial charge < -0.3 is 11.1 Å². The average molecular weight is 333 g/mol. The predicted octanol–water partition coefficient (Wildman–Crippen LogP) is 4.48. The summed E-state index contributed by atoms with van der Waals surface area (Å²) in [5.74, 6) is 0.559. The van der Waals surface area contributed by atoms with Gasteiger partial charge in [0.2, 0.25) is 0 Å². The van der Waals surface area contributed by atoms with E-state index in [1.54, 1.807) is 12.1 Å². The van der Waals surface area contributed by atoms with Crippen LogP contribution in [0.25, 0.3) is 0 Å². The van der Waals surface area contributed by atoms with Crippen LogP contribution < -0.4 is 11.1 Å². The Kier molecular flexibility index (Phi) is 3.76. The van der Waals surface area contributed by atoms with Gasteiger partial charge in [0.1, 0.15) is 0 Å². The van der Waals surface area contributed by atoms with Crippen LogP contribution in [0.3, 0.4) is 0 Å².